The zero-order valence-corrected chi connectivity index (χ0v) is 13.2. The summed E-state index contributed by atoms with van der Waals surface area (Å²) in [6.45, 7) is -1.39. The number of aryl methyl sites for hydroxylation is 1. The average Bonchev–Trinajstić information content (AvgIpc) is 3.21. The molecule has 1 aromatic carbocycles. The number of furan rings is 1. The summed E-state index contributed by atoms with van der Waals surface area (Å²) in [5, 5.41) is 0. The SMILES string of the molecule is O=C(CCc1ccc2c(c1)OCO2)N(Cc1ccco1)CC(F)(F)F. The van der Waals surface area contributed by atoms with E-state index < -0.39 is 18.6 Å². The summed E-state index contributed by atoms with van der Waals surface area (Å²) in [6.07, 6.45) is -2.85. The highest BCUT2D eigenvalue weighted by atomic mass is 19.4. The van der Waals surface area contributed by atoms with Gasteiger partial charge in [-0.2, -0.15) is 13.2 Å². The Kier molecular flexibility index (Phi) is 4.87. The van der Waals surface area contributed by atoms with Crippen LogP contribution in [-0.2, 0) is 17.8 Å². The van der Waals surface area contributed by atoms with Gasteiger partial charge in [0.05, 0.1) is 12.8 Å². The first-order valence-electron chi connectivity index (χ1n) is 7.66. The first kappa shape index (κ1) is 17.2. The third-order valence-electron chi connectivity index (χ3n) is 3.71. The number of benzene rings is 1. The summed E-state index contributed by atoms with van der Waals surface area (Å²) in [4.78, 5) is 13.0. The monoisotopic (exact) mass is 355 g/mol. The first-order valence-corrected chi connectivity index (χ1v) is 7.66. The van der Waals surface area contributed by atoms with Crippen molar-refractivity contribution in [1.29, 1.82) is 0 Å². The molecule has 0 atom stereocenters. The third kappa shape index (κ3) is 4.68. The summed E-state index contributed by atoms with van der Waals surface area (Å²) in [5.74, 6) is 0.909. The van der Waals surface area contributed by atoms with E-state index in [1.165, 1.54) is 12.3 Å². The van der Waals surface area contributed by atoms with Crippen LogP contribution >= 0.6 is 0 Å². The van der Waals surface area contributed by atoms with Crippen molar-refractivity contribution in [3.8, 4) is 11.5 Å². The number of alkyl halides is 3. The van der Waals surface area contributed by atoms with E-state index in [0.29, 0.717) is 23.7 Å². The number of nitrogens with zero attached hydrogens (tertiary/aromatic N) is 1. The van der Waals surface area contributed by atoms with Gasteiger partial charge >= 0.3 is 6.18 Å². The van der Waals surface area contributed by atoms with E-state index in [0.717, 1.165) is 10.5 Å². The highest BCUT2D eigenvalue weighted by Crippen LogP contribution is 2.32. The van der Waals surface area contributed by atoms with Crippen LogP contribution in [0.4, 0.5) is 13.2 Å². The molecule has 1 amide bonds. The van der Waals surface area contributed by atoms with Gasteiger partial charge in [0.15, 0.2) is 11.5 Å². The van der Waals surface area contributed by atoms with Crippen molar-refractivity contribution in [2.75, 3.05) is 13.3 Å². The predicted octanol–water partition coefficient (Wildman–Crippen LogP) is 3.53. The Hall–Kier alpha value is -2.64. The second-order valence-electron chi connectivity index (χ2n) is 5.63. The maximum atomic E-state index is 12.8. The van der Waals surface area contributed by atoms with Gasteiger partial charge in [0.1, 0.15) is 12.3 Å². The molecule has 2 aromatic rings. The maximum Gasteiger partial charge on any atom is 0.406 e. The van der Waals surface area contributed by atoms with Crippen LogP contribution in [-0.4, -0.2) is 30.3 Å². The van der Waals surface area contributed by atoms with E-state index in [-0.39, 0.29) is 19.8 Å². The fourth-order valence-electron chi connectivity index (χ4n) is 2.55. The fourth-order valence-corrected chi connectivity index (χ4v) is 2.55. The highest BCUT2D eigenvalue weighted by molar-refractivity contribution is 5.76. The standard InChI is InChI=1S/C17H16F3NO4/c18-17(19,20)10-21(9-13-2-1-7-23-13)16(22)6-4-12-3-5-14-15(8-12)25-11-24-14/h1-3,5,7-8H,4,6,9-11H2. The summed E-state index contributed by atoms with van der Waals surface area (Å²) in [7, 11) is 0. The van der Waals surface area contributed by atoms with E-state index >= 15 is 0 Å². The van der Waals surface area contributed by atoms with Crippen LogP contribution in [0.3, 0.4) is 0 Å². The molecule has 0 unspecified atom stereocenters. The molecule has 0 spiro atoms. The molecule has 2 heterocycles. The molecular weight excluding hydrogens is 339 g/mol. The number of hydrogen-bond acceptors (Lipinski definition) is 4. The number of carbonyl (C=O) groups is 1. The lowest BCUT2D eigenvalue weighted by molar-refractivity contribution is -0.162. The Morgan fingerprint density at radius 1 is 1.16 bits per heavy atom. The van der Waals surface area contributed by atoms with Crippen LogP contribution in [0.2, 0.25) is 0 Å². The molecule has 25 heavy (non-hydrogen) atoms. The van der Waals surface area contributed by atoms with Crippen molar-refractivity contribution < 1.29 is 31.9 Å². The van der Waals surface area contributed by atoms with Gasteiger partial charge < -0.3 is 18.8 Å². The van der Waals surface area contributed by atoms with Crippen LogP contribution in [0, 0.1) is 0 Å². The number of rotatable bonds is 6. The maximum absolute atomic E-state index is 12.8. The molecule has 0 N–H and O–H groups in total. The predicted molar refractivity (Wildman–Crippen MR) is 81.1 cm³/mol. The zero-order valence-electron chi connectivity index (χ0n) is 13.2. The molecule has 3 rings (SSSR count). The van der Waals surface area contributed by atoms with Gasteiger partial charge in [-0.1, -0.05) is 6.07 Å². The topological polar surface area (TPSA) is 51.9 Å². The molecule has 8 heteroatoms. The molecule has 0 fully saturated rings. The van der Waals surface area contributed by atoms with Gasteiger partial charge in [-0.15, -0.1) is 0 Å². The summed E-state index contributed by atoms with van der Waals surface area (Å²) >= 11 is 0. The van der Waals surface area contributed by atoms with Crippen molar-refractivity contribution in [1.82, 2.24) is 4.90 Å². The molecule has 1 aromatic heterocycles. The quantitative estimate of drug-likeness (QED) is 0.795. The van der Waals surface area contributed by atoms with Crippen molar-refractivity contribution in [3.63, 3.8) is 0 Å². The first-order chi connectivity index (χ1) is 11.9. The number of amides is 1. The van der Waals surface area contributed by atoms with Crippen molar-refractivity contribution in [2.45, 2.75) is 25.6 Å². The summed E-state index contributed by atoms with van der Waals surface area (Å²) in [6, 6.07) is 8.32. The number of hydrogen-bond donors (Lipinski definition) is 0. The average molecular weight is 355 g/mol. The van der Waals surface area contributed by atoms with Gasteiger partial charge in [-0.3, -0.25) is 4.79 Å². The molecule has 0 bridgehead atoms. The minimum absolute atomic E-state index is 0.0452. The van der Waals surface area contributed by atoms with Crippen molar-refractivity contribution in [2.24, 2.45) is 0 Å². The molecule has 1 aliphatic rings. The second kappa shape index (κ2) is 7.08. The van der Waals surface area contributed by atoms with Crippen LogP contribution < -0.4 is 9.47 Å². The number of ether oxygens (including phenoxy) is 2. The van der Waals surface area contributed by atoms with Crippen molar-refractivity contribution >= 4 is 5.91 Å². The fraction of sp³-hybridized carbons (Fsp3) is 0.353. The number of carbonyl (C=O) groups excluding carboxylic acids is 1. The Labute approximate surface area is 141 Å². The van der Waals surface area contributed by atoms with Crippen LogP contribution in [0.5, 0.6) is 11.5 Å². The van der Waals surface area contributed by atoms with Gasteiger partial charge in [0.25, 0.3) is 0 Å². The smallest absolute Gasteiger partial charge is 0.406 e. The third-order valence-corrected chi connectivity index (χ3v) is 3.71. The van der Waals surface area contributed by atoms with E-state index in [1.54, 1.807) is 24.3 Å². The van der Waals surface area contributed by atoms with Gasteiger partial charge in [0, 0.05) is 6.42 Å². The Morgan fingerprint density at radius 3 is 2.68 bits per heavy atom. The van der Waals surface area contributed by atoms with Gasteiger partial charge in [0.2, 0.25) is 12.7 Å². The molecule has 134 valence electrons. The number of fused-ring (bicyclic) bond motifs is 1. The molecule has 0 saturated carbocycles. The van der Waals surface area contributed by atoms with Crippen LogP contribution in [0.1, 0.15) is 17.7 Å². The molecular formula is C17H16F3NO4. The lowest BCUT2D eigenvalue weighted by Gasteiger charge is -2.23. The van der Waals surface area contributed by atoms with Crippen molar-refractivity contribution in [3.05, 3.63) is 47.9 Å². The lowest BCUT2D eigenvalue weighted by atomic mass is 10.1. The second-order valence-corrected chi connectivity index (χ2v) is 5.63. The Bertz CT molecular complexity index is 728. The minimum atomic E-state index is -4.47. The summed E-state index contributed by atoms with van der Waals surface area (Å²) < 4.78 is 53.8. The van der Waals surface area contributed by atoms with Gasteiger partial charge in [-0.05, 0) is 36.2 Å². The van der Waals surface area contributed by atoms with E-state index in [9.17, 15) is 18.0 Å². The van der Waals surface area contributed by atoms with E-state index in [4.69, 9.17) is 13.9 Å². The van der Waals surface area contributed by atoms with E-state index in [2.05, 4.69) is 0 Å². The molecule has 1 aliphatic heterocycles. The zero-order chi connectivity index (χ0) is 17.9. The lowest BCUT2D eigenvalue weighted by Crippen LogP contribution is -2.38. The normalized spacial score (nSPS) is 13.1. The minimum Gasteiger partial charge on any atom is -0.467 e. The molecule has 5 nitrogen and oxygen atoms in total. The summed E-state index contributed by atoms with van der Waals surface area (Å²) in [5.41, 5.74) is 0.794. The molecule has 0 radical (unpaired) electrons. The highest BCUT2D eigenvalue weighted by Gasteiger charge is 2.33. The Morgan fingerprint density at radius 2 is 1.96 bits per heavy atom. The van der Waals surface area contributed by atoms with Crippen LogP contribution in [0.15, 0.2) is 41.0 Å². The van der Waals surface area contributed by atoms with Gasteiger partial charge in [-0.25, -0.2) is 0 Å². The van der Waals surface area contributed by atoms with E-state index in [1.807, 2.05) is 0 Å². The molecule has 0 saturated heterocycles. The Balaban J connectivity index is 1.63. The number of halogens is 3. The largest absolute Gasteiger partial charge is 0.467 e. The van der Waals surface area contributed by atoms with Crippen LogP contribution in [0.25, 0.3) is 0 Å². The molecule has 0 aliphatic carbocycles.